The van der Waals surface area contributed by atoms with E-state index in [1.54, 1.807) is 0 Å². The third kappa shape index (κ3) is 7.81. The van der Waals surface area contributed by atoms with Crippen LogP contribution in [-0.4, -0.2) is 0 Å². The number of rotatable bonds is 8. The van der Waals surface area contributed by atoms with Gasteiger partial charge in [0.2, 0.25) is 0 Å². The molecule has 2 aliphatic rings. The highest BCUT2D eigenvalue weighted by molar-refractivity contribution is 5.93. The zero-order valence-electron chi connectivity index (χ0n) is 45.0. The summed E-state index contributed by atoms with van der Waals surface area (Å²) in [5, 5.41) is 0. The van der Waals surface area contributed by atoms with E-state index >= 15 is 0 Å². The standard InChI is InChI=1S/C74H67N/c1-70(2,3)52-37-39-54(40-38-52)74(58-31-22-29-56(47-58)72(7,8)9)67-36-19-17-34-63(67)65-44-42-61(49-69(65)74)75(59-32-20-25-51(45-59)50-23-12-10-13-24-50)60-41-43-64-62-33-16-18-35-66(62)73(68(64)48-60,53-26-14-11-15-27-53)57-30-21-28-55(46-57)71(4,5)6/h10-49H,1-9H3. The molecule has 0 N–H and O–H groups in total. The van der Waals surface area contributed by atoms with Gasteiger partial charge in [0.05, 0.1) is 10.8 Å². The predicted octanol–water partition coefficient (Wildman–Crippen LogP) is 19.4. The third-order valence-electron chi connectivity index (χ3n) is 16.5. The van der Waals surface area contributed by atoms with Gasteiger partial charge in [0.15, 0.2) is 0 Å². The lowest BCUT2D eigenvalue weighted by molar-refractivity contribution is 0.586. The van der Waals surface area contributed by atoms with Gasteiger partial charge in [-0.3, -0.25) is 0 Å². The van der Waals surface area contributed by atoms with Crippen molar-refractivity contribution in [2.24, 2.45) is 0 Å². The first-order valence-corrected chi connectivity index (χ1v) is 26.9. The average molecular weight is 970 g/mol. The molecule has 0 aliphatic heterocycles. The third-order valence-corrected chi connectivity index (χ3v) is 16.5. The fourth-order valence-corrected chi connectivity index (χ4v) is 12.6. The van der Waals surface area contributed by atoms with E-state index in [1.807, 2.05) is 0 Å². The van der Waals surface area contributed by atoms with Crippen molar-refractivity contribution in [2.45, 2.75) is 89.4 Å². The Morgan fingerprint density at radius 2 is 0.640 bits per heavy atom. The maximum atomic E-state index is 2.53. The van der Waals surface area contributed by atoms with Crippen LogP contribution in [0.3, 0.4) is 0 Å². The van der Waals surface area contributed by atoms with E-state index in [2.05, 4.69) is 310 Å². The molecule has 0 fully saturated rings. The van der Waals surface area contributed by atoms with E-state index in [0.717, 1.165) is 17.1 Å². The van der Waals surface area contributed by atoms with E-state index < -0.39 is 10.8 Å². The number of benzene rings is 10. The molecule has 2 aliphatic carbocycles. The minimum Gasteiger partial charge on any atom is -0.310 e. The highest BCUT2D eigenvalue weighted by Gasteiger charge is 2.49. The zero-order valence-corrected chi connectivity index (χ0v) is 45.0. The number of hydrogen-bond acceptors (Lipinski definition) is 1. The fraction of sp³-hybridized carbons (Fsp3) is 0.189. The molecule has 0 spiro atoms. The molecule has 0 aromatic heterocycles. The van der Waals surface area contributed by atoms with Gasteiger partial charge in [-0.1, -0.05) is 269 Å². The summed E-state index contributed by atoms with van der Waals surface area (Å²) in [6.45, 7) is 20.9. The average Bonchev–Trinajstić information content (AvgIpc) is 3.93. The lowest BCUT2D eigenvalue weighted by atomic mass is 9.66. The maximum absolute atomic E-state index is 2.53. The van der Waals surface area contributed by atoms with Crippen molar-refractivity contribution in [3.63, 3.8) is 0 Å². The fourth-order valence-electron chi connectivity index (χ4n) is 12.6. The largest absolute Gasteiger partial charge is 0.310 e. The topological polar surface area (TPSA) is 3.24 Å². The molecule has 10 aromatic carbocycles. The Morgan fingerprint density at radius 1 is 0.253 bits per heavy atom. The second kappa shape index (κ2) is 17.8. The van der Waals surface area contributed by atoms with Gasteiger partial charge in [-0.25, -0.2) is 0 Å². The minimum absolute atomic E-state index is 0.00993. The molecule has 2 atom stereocenters. The lowest BCUT2D eigenvalue weighted by Crippen LogP contribution is -2.30. The van der Waals surface area contributed by atoms with Crippen LogP contribution in [0.5, 0.6) is 0 Å². The summed E-state index contributed by atoms with van der Waals surface area (Å²) in [4.78, 5) is 2.53. The van der Waals surface area contributed by atoms with Gasteiger partial charge < -0.3 is 4.90 Å². The monoisotopic (exact) mass is 970 g/mol. The predicted molar refractivity (Wildman–Crippen MR) is 317 cm³/mol. The highest BCUT2D eigenvalue weighted by Crippen LogP contribution is 2.60. The normalized spacial score (nSPS) is 16.7. The van der Waals surface area contributed by atoms with Gasteiger partial charge in [-0.2, -0.15) is 0 Å². The van der Waals surface area contributed by atoms with Crippen LogP contribution in [-0.2, 0) is 27.1 Å². The number of fused-ring (bicyclic) bond motifs is 6. The van der Waals surface area contributed by atoms with Crippen molar-refractivity contribution in [1.29, 1.82) is 0 Å². The summed E-state index contributed by atoms with van der Waals surface area (Å²) in [5.41, 5.74) is 23.7. The van der Waals surface area contributed by atoms with Crippen LogP contribution in [0.1, 0.15) is 124 Å². The van der Waals surface area contributed by atoms with Crippen molar-refractivity contribution in [1.82, 2.24) is 0 Å². The molecule has 1 heteroatoms. The molecular weight excluding hydrogens is 903 g/mol. The Morgan fingerprint density at radius 3 is 1.13 bits per heavy atom. The number of nitrogens with zero attached hydrogens (tertiary/aromatic N) is 1. The summed E-state index contributed by atoms with van der Waals surface area (Å²) >= 11 is 0. The molecule has 0 saturated carbocycles. The summed E-state index contributed by atoms with van der Waals surface area (Å²) in [6, 6.07) is 92.5. The SMILES string of the molecule is CC(C)(C)c1ccc(C2(c3cccc(C(C)(C)C)c3)c3ccccc3-c3ccc(N(c4cccc(-c5ccccc5)c4)c4ccc5c(c4)C(c4ccccc4)(c4cccc(C(C)(C)C)c4)c4ccccc4-5)cc32)cc1. The van der Waals surface area contributed by atoms with Crippen LogP contribution in [0, 0.1) is 0 Å². The van der Waals surface area contributed by atoms with Crippen molar-refractivity contribution in [3.8, 4) is 33.4 Å². The molecule has 0 radical (unpaired) electrons. The molecule has 10 aromatic rings. The molecule has 0 amide bonds. The Kier molecular flexibility index (Phi) is 11.4. The zero-order chi connectivity index (χ0) is 51.9. The molecule has 75 heavy (non-hydrogen) atoms. The molecule has 0 saturated heterocycles. The molecule has 2 unspecified atom stereocenters. The molecule has 0 heterocycles. The minimum atomic E-state index is -0.614. The van der Waals surface area contributed by atoms with Crippen LogP contribution < -0.4 is 4.90 Å². The summed E-state index contributed by atoms with van der Waals surface area (Å²) in [5.74, 6) is 0. The smallest absolute Gasteiger partial charge is 0.0714 e. The van der Waals surface area contributed by atoms with Gasteiger partial charge >= 0.3 is 0 Å². The van der Waals surface area contributed by atoms with Crippen molar-refractivity contribution >= 4 is 17.1 Å². The first-order valence-electron chi connectivity index (χ1n) is 26.9. The molecule has 368 valence electrons. The van der Waals surface area contributed by atoms with Crippen molar-refractivity contribution in [3.05, 3.63) is 304 Å². The molecular formula is C74H67N. The Bertz CT molecular complexity index is 3760. The van der Waals surface area contributed by atoms with Gasteiger partial charge in [0, 0.05) is 17.1 Å². The summed E-state index contributed by atoms with van der Waals surface area (Å²) in [6.07, 6.45) is 0. The second-order valence-electron chi connectivity index (χ2n) is 24.2. The van der Waals surface area contributed by atoms with Crippen LogP contribution in [0.4, 0.5) is 17.1 Å². The van der Waals surface area contributed by atoms with E-state index in [4.69, 9.17) is 0 Å². The highest BCUT2D eigenvalue weighted by atomic mass is 15.1. The summed E-state index contributed by atoms with van der Waals surface area (Å²) < 4.78 is 0. The summed E-state index contributed by atoms with van der Waals surface area (Å²) in [7, 11) is 0. The first-order chi connectivity index (χ1) is 36.1. The first kappa shape index (κ1) is 48.0. The molecule has 12 rings (SSSR count). The Balaban J connectivity index is 1.16. The van der Waals surface area contributed by atoms with Gasteiger partial charge in [0.25, 0.3) is 0 Å². The Labute approximate surface area is 446 Å². The molecule has 1 nitrogen and oxygen atoms in total. The van der Waals surface area contributed by atoms with Gasteiger partial charge in [-0.05, 0) is 147 Å². The van der Waals surface area contributed by atoms with Crippen molar-refractivity contribution in [2.75, 3.05) is 4.90 Å². The molecule has 0 bridgehead atoms. The van der Waals surface area contributed by atoms with Crippen molar-refractivity contribution < 1.29 is 0 Å². The van der Waals surface area contributed by atoms with Gasteiger partial charge in [-0.15, -0.1) is 0 Å². The van der Waals surface area contributed by atoms with E-state index in [9.17, 15) is 0 Å². The lowest BCUT2D eigenvalue weighted by Gasteiger charge is -2.37. The van der Waals surface area contributed by atoms with E-state index in [-0.39, 0.29) is 16.2 Å². The van der Waals surface area contributed by atoms with Crippen LogP contribution in [0.25, 0.3) is 33.4 Å². The number of anilines is 3. The van der Waals surface area contributed by atoms with Crippen LogP contribution in [0.2, 0.25) is 0 Å². The van der Waals surface area contributed by atoms with Gasteiger partial charge in [0.1, 0.15) is 0 Å². The van der Waals surface area contributed by atoms with E-state index in [1.165, 1.54) is 94.6 Å². The van der Waals surface area contributed by atoms with Crippen LogP contribution >= 0.6 is 0 Å². The second-order valence-corrected chi connectivity index (χ2v) is 24.2. The Hall–Kier alpha value is -8.00. The van der Waals surface area contributed by atoms with E-state index in [0.29, 0.717) is 0 Å². The quantitative estimate of drug-likeness (QED) is 0.147. The van der Waals surface area contributed by atoms with Crippen LogP contribution in [0.15, 0.2) is 243 Å². The maximum Gasteiger partial charge on any atom is 0.0714 e. The number of hydrogen-bond donors (Lipinski definition) is 0.